The molecule has 1 atom stereocenters. The predicted molar refractivity (Wildman–Crippen MR) is 103 cm³/mol. The summed E-state index contributed by atoms with van der Waals surface area (Å²) in [5, 5.41) is 11.6. The number of ether oxygens (including phenoxy) is 3. The predicted octanol–water partition coefficient (Wildman–Crippen LogP) is 2.89. The molecule has 0 saturated carbocycles. The van der Waals surface area contributed by atoms with Crippen molar-refractivity contribution in [2.75, 3.05) is 41.0 Å². The zero-order chi connectivity index (χ0) is 19.1. The summed E-state index contributed by atoms with van der Waals surface area (Å²) in [6.45, 7) is 2.48. The number of benzene rings is 2. The van der Waals surface area contributed by atoms with Gasteiger partial charge in [-0.1, -0.05) is 30.3 Å². The van der Waals surface area contributed by atoms with Gasteiger partial charge in [0.2, 0.25) is 5.79 Å². The molecule has 144 valence electrons. The van der Waals surface area contributed by atoms with E-state index in [2.05, 4.69) is 11.9 Å². The molecule has 0 amide bonds. The van der Waals surface area contributed by atoms with Crippen LogP contribution in [0.1, 0.15) is 29.5 Å². The van der Waals surface area contributed by atoms with Crippen LogP contribution in [0.5, 0.6) is 11.5 Å². The monoisotopic (exact) mass is 369 g/mol. The number of aliphatic hydroxyl groups is 1. The molecule has 2 aliphatic heterocycles. The van der Waals surface area contributed by atoms with Crippen molar-refractivity contribution in [3.63, 3.8) is 0 Å². The van der Waals surface area contributed by atoms with Crippen LogP contribution in [0, 0.1) is 0 Å². The molecule has 2 aliphatic rings. The van der Waals surface area contributed by atoms with Crippen LogP contribution in [0.3, 0.4) is 0 Å². The SMILES string of the molecule is COc1cc2c(cc1OC)C(O)(c1ccccc1)OCC21CCN(C)CC1. The largest absolute Gasteiger partial charge is 0.493 e. The number of hydrogen-bond donors (Lipinski definition) is 1. The van der Waals surface area contributed by atoms with E-state index in [4.69, 9.17) is 14.2 Å². The van der Waals surface area contributed by atoms with Crippen molar-refractivity contribution < 1.29 is 19.3 Å². The van der Waals surface area contributed by atoms with Crippen LogP contribution in [-0.2, 0) is 15.9 Å². The molecule has 1 saturated heterocycles. The Balaban J connectivity index is 1.91. The summed E-state index contributed by atoms with van der Waals surface area (Å²) >= 11 is 0. The van der Waals surface area contributed by atoms with Crippen molar-refractivity contribution in [1.82, 2.24) is 4.90 Å². The topological polar surface area (TPSA) is 51.2 Å². The standard InChI is InChI=1S/C22H27NO4/c1-23-11-9-21(10-12-23)15-27-22(24,16-7-5-4-6-8-16)18-14-20(26-3)19(25-2)13-17(18)21/h4-8,13-14,24H,9-12,15H2,1-3H3. The third-order valence-electron chi connectivity index (χ3n) is 6.13. The molecule has 1 N–H and O–H groups in total. The van der Waals surface area contributed by atoms with Gasteiger partial charge in [-0.05, 0) is 50.7 Å². The fraction of sp³-hybridized carbons (Fsp3) is 0.455. The van der Waals surface area contributed by atoms with Crippen molar-refractivity contribution >= 4 is 0 Å². The molecule has 0 aromatic heterocycles. The maximum absolute atomic E-state index is 11.6. The van der Waals surface area contributed by atoms with E-state index in [-0.39, 0.29) is 5.41 Å². The molecule has 4 rings (SSSR count). The molecule has 2 heterocycles. The molecule has 1 fully saturated rings. The molecule has 2 aromatic carbocycles. The molecular formula is C22H27NO4. The first-order valence-electron chi connectivity index (χ1n) is 9.40. The highest BCUT2D eigenvalue weighted by atomic mass is 16.6. The second-order valence-corrected chi connectivity index (χ2v) is 7.64. The Morgan fingerprint density at radius 2 is 1.56 bits per heavy atom. The molecular weight excluding hydrogens is 342 g/mol. The summed E-state index contributed by atoms with van der Waals surface area (Å²) in [7, 11) is 5.40. The zero-order valence-electron chi connectivity index (χ0n) is 16.2. The Morgan fingerprint density at radius 3 is 2.15 bits per heavy atom. The van der Waals surface area contributed by atoms with E-state index >= 15 is 0 Å². The highest BCUT2D eigenvalue weighted by molar-refractivity contribution is 5.55. The second-order valence-electron chi connectivity index (χ2n) is 7.64. The lowest BCUT2D eigenvalue weighted by Gasteiger charge is -2.49. The maximum atomic E-state index is 11.6. The zero-order valence-corrected chi connectivity index (χ0v) is 16.2. The van der Waals surface area contributed by atoms with E-state index in [1.54, 1.807) is 14.2 Å². The maximum Gasteiger partial charge on any atom is 0.220 e. The molecule has 0 bridgehead atoms. The summed E-state index contributed by atoms with van der Waals surface area (Å²) in [6.07, 6.45) is 1.97. The summed E-state index contributed by atoms with van der Waals surface area (Å²) in [5.41, 5.74) is 2.46. The number of methoxy groups -OCH3 is 2. The van der Waals surface area contributed by atoms with Crippen LogP contribution in [0.2, 0.25) is 0 Å². The summed E-state index contributed by atoms with van der Waals surface area (Å²) in [4.78, 5) is 2.34. The normalized spacial score (nSPS) is 24.4. The van der Waals surface area contributed by atoms with E-state index in [9.17, 15) is 5.11 Å². The van der Waals surface area contributed by atoms with Crippen LogP contribution in [0.4, 0.5) is 0 Å². The molecule has 1 unspecified atom stereocenters. The molecule has 2 aromatic rings. The summed E-state index contributed by atoms with van der Waals surface area (Å²) in [6, 6.07) is 13.5. The van der Waals surface area contributed by atoms with E-state index in [0.717, 1.165) is 42.6 Å². The smallest absolute Gasteiger partial charge is 0.220 e. The van der Waals surface area contributed by atoms with Crippen LogP contribution < -0.4 is 9.47 Å². The summed E-state index contributed by atoms with van der Waals surface area (Å²) in [5.74, 6) is -0.212. The minimum Gasteiger partial charge on any atom is -0.493 e. The Kier molecular flexibility index (Phi) is 4.62. The third kappa shape index (κ3) is 2.90. The Bertz CT molecular complexity index is 815. The average Bonchev–Trinajstić information content (AvgIpc) is 2.72. The number of hydrogen-bond acceptors (Lipinski definition) is 5. The number of fused-ring (bicyclic) bond motifs is 2. The lowest BCUT2D eigenvalue weighted by Crippen LogP contribution is -2.51. The van der Waals surface area contributed by atoms with Crippen LogP contribution in [0.25, 0.3) is 0 Å². The van der Waals surface area contributed by atoms with Gasteiger partial charge in [0.05, 0.1) is 20.8 Å². The molecule has 5 nitrogen and oxygen atoms in total. The lowest BCUT2D eigenvalue weighted by molar-refractivity contribution is -0.206. The molecule has 0 radical (unpaired) electrons. The van der Waals surface area contributed by atoms with Gasteiger partial charge in [0, 0.05) is 16.5 Å². The van der Waals surface area contributed by atoms with Crippen molar-refractivity contribution in [1.29, 1.82) is 0 Å². The van der Waals surface area contributed by atoms with Gasteiger partial charge in [-0.2, -0.15) is 0 Å². The first kappa shape index (κ1) is 18.3. The van der Waals surface area contributed by atoms with E-state index in [0.29, 0.717) is 18.1 Å². The summed E-state index contributed by atoms with van der Waals surface area (Å²) < 4.78 is 17.3. The Morgan fingerprint density at radius 1 is 0.963 bits per heavy atom. The van der Waals surface area contributed by atoms with Crippen LogP contribution >= 0.6 is 0 Å². The molecule has 0 aliphatic carbocycles. The number of nitrogens with zero attached hydrogens (tertiary/aromatic N) is 1. The van der Waals surface area contributed by atoms with E-state index in [1.165, 1.54) is 0 Å². The van der Waals surface area contributed by atoms with Gasteiger partial charge in [-0.25, -0.2) is 0 Å². The van der Waals surface area contributed by atoms with Gasteiger partial charge in [0.15, 0.2) is 11.5 Å². The first-order chi connectivity index (χ1) is 13.0. The van der Waals surface area contributed by atoms with Crippen molar-refractivity contribution in [2.24, 2.45) is 0 Å². The number of piperidine rings is 1. The minimum absolute atomic E-state index is 0.123. The van der Waals surface area contributed by atoms with E-state index in [1.807, 2.05) is 42.5 Å². The van der Waals surface area contributed by atoms with Crippen molar-refractivity contribution in [3.05, 3.63) is 59.2 Å². The van der Waals surface area contributed by atoms with Crippen molar-refractivity contribution in [2.45, 2.75) is 24.0 Å². The van der Waals surface area contributed by atoms with Gasteiger partial charge in [-0.3, -0.25) is 0 Å². The first-order valence-corrected chi connectivity index (χ1v) is 9.40. The third-order valence-corrected chi connectivity index (χ3v) is 6.13. The Hall–Kier alpha value is -2.08. The second kappa shape index (κ2) is 6.82. The fourth-order valence-electron chi connectivity index (χ4n) is 4.36. The van der Waals surface area contributed by atoms with Gasteiger partial charge >= 0.3 is 0 Å². The van der Waals surface area contributed by atoms with Gasteiger partial charge in [-0.15, -0.1) is 0 Å². The quantitative estimate of drug-likeness (QED) is 0.902. The van der Waals surface area contributed by atoms with Crippen LogP contribution in [-0.4, -0.2) is 51.0 Å². The average molecular weight is 369 g/mol. The van der Waals surface area contributed by atoms with E-state index < -0.39 is 5.79 Å². The van der Waals surface area contributed by atoms with Gasteiger partial charge < -0.3 is 24.2 Å². The fourth-order valence-corrected chi connectivity index (χ4v) is 4.36. The molecule has 1 spiro atoms. The lowest BCUT2D eigenvalue weighted by atomic mass is 9.68. The van der Waals surface area contributed by atoms with Crippen LogP contribution in [0.15, 0.2) is 42.5 Å². The molecule has 27 heavy (non-hydrogen) atoms. The highest BCUT2D eigenvalue weighted by Crippen LogP contribution is 2.50. The number of likely N-dealkylation sites (tertiary alicyclic amines) is 1. The Labute approximate surface area is 160 Å². The van der Waals surface area contributed by atoms with Crippen molar-refractivity contribution in [3.8, 4) is 11.5 Å². The molecule has 5 heteroatoms. The number of rotatable bonds is 3. The van der Waals surface area contributed by atoms with Gasteiger partial charge in [0.1, 0.15) is 0 Å². The highest BCUT2D eigenvalue weighted by Gasteiger charge is 2.49. The minimum atomic E-state index is -1.50. The van der Waals surface area contributed by atoms with Gasteiger partial charge in [0.25, 0.3) is 0 Å².